The number of aliphatic hydroxyl groups is 1. The van der Waals surface area contributed by atoms with Crippen LogP contribution in [0.25, 0.3) is 0 Å². The summed E-state index contributed by atoms with van der Waals surface area (Å²) in [6.07, 6.45) is 1.80. The van der Waals surface area contributed by atoms with Gasteiger partial charge in [0.1, 0.15) is 6.10 Å². The molecule has 0 aromatic heterocycles. The standard InChI is InChI=1S/C12H22N2O3/c1-13(2)7-9-6-10(15)8-14(9)12(16)11-4-3-5-17-11/h9-11,15H,3-8H2,1-2H3. The van der Waals surface area contributed by atoms with E-state index in [0.29, 0.717) is 19.6 Å². The number of ether oxygens (including phenoxy) is 1. The molecule has 2 saturated heterocycles. The van der Waals surface area contributed by atoms with Crippen LogP contribution < -0.4 is 0 Å². The Hall–Kier alpha value is -0.650. The second kappa shape index (κ2) is 5.33. The fourth-order valence-corrected chi connectivity index (χ4v) is 2.71. The van der Waals surface area contributed by atoms with E-state index in [9.17, 15) is 9.90 Å². The van der Waals surface area contributed by atoms with Crippen molar-refractivity contribution in [2.75, 3.05) is 33.8 Å². The Morgan fingerprint density at radius 1 is 1.53 bits per heavy atom. The van der Waals surface area contributed by atoms with E-state index >= 15 is 0 Å². The fourth-order valence-electron chi connectivity index (χ4n) is 2.71. The predicted octanol–water partition coefficient (Wildman–Crippen LogP) is -0.311. The summed E-state index contributed by atoms with van der Waals surface area (Å²) >= 11 is 0. The molecule has 0 bridgehead atoms. The summed E-state index contributed by atoms with van der Waals surface area (Å²) < 4.78 is 5.43. The van der Waals surface area contributed by atoms with Crippen LogP contribution in [0.15, 0.2) is 0 Å². The van der Waals surface area contributed by atoms with E-state index in [-0.39, 0.29) is 24.2 Å². The van der Waals surface area contributed by atoms with Crippen molar-refractivity contribution < 1.29 is 14.6 Å². The first kappa shape index (κ1) is 12.8. The van der Waals surface area contributed by atoms with Crippen molar-refractivity contribution in [2.45, 2.75) is 37.5 Å². The van der Waals surface area contributed by atoms with E-state index in [1.54, 1.807) is 4.90 Å². The van der Waals surface area contributed by atoms with Crippen molar-refractivity contribution in [3.8, 4) is 0 Å². The topological polar surface area (TPSA) is 53.0 Å². The zero-order valence-electron chi connectivity index (χ0n) is 10.6. The number of likely N-dealkylation sites (N-methyl/N-ethyl adjacent to an activating group) is 1. The molecule has 1 N–H and O–H groups in total. The summed E-state index contributed by atoms with van der Waals surface area (Å²) in [7, 11) is 3.97. The van der Waals surface area contributed by atoms with Crippen LogP contribution in [0.5, 0.6) is 0 Å². The average Bonchev–Trinajstić information content (AvgIpc) is 2.85. The Morgan fingerprint density at radius 3 is 2.88 bits per heavy atom. The minimum absolute atomic E-state index is 0.0610. The third kappa shape index (κ3) is 2.97. The Balaban J connectivity index is 1.98. The number of carbonyl (C=O) groups is 1. The molecule has 2 aliphatic heterocycles. The number of amides is 1. The highest BCUT2D eigenvalue weighted by atomic mass is 16.5. The molecule has 0 spiro atoms. The molecule has 2 rings (SSSR count). The van der Waals surface area contributed by atoms with Gasteiger partial charge in [-0.05, 0) is 33.4 Å². The summed E-state index contributed by atoms with van der Waals surface area (Å²) in [6, 6.07) is 0.122. The zero-order valence-corrected chi connectivity index (χ0v) is 10.6. The lowest BCUT2D eigenvalue weighted by Gasteiger charge is -2.28. The van der Waals surface area contributed by atoms with Gasteiger partial charge in [0.15, 0.2) is 0 Å². The van der Waals surface area contributed by atoms with Crippen molar-refractivity contribution >= 4 is 5.91 Å². The quantitative estimate of drug-likeness (QED) is 0.737. The summed E-state index contributed by atoms with van der Waals surface area (Å²) in [5, 5.41) is 9.72. The highest BCUT2D eigenvalue weighted by molar-refractivity contribution is 5.81. The van der Waals surface area contributed by atoms with E-state index in [1.807, 2.05) is 14.1 Å². The van der Waals surface area contributed by atoms with E-state index in [1.165, 1.54) is 0 Å². The second-order valence-electron chi connectivity index (χ2n) is 5.30. The number of hydrogen-bond acceptors (Lipinski definition) is 4. The van der Waals surface area contributed by atoms with E-state index in [2.05, 4.69) is 4.90 Å². The first-order valence-corrected chi connectivity index (χ1v) is 6.33. The van der Waals surface area contributed by atoms with Gasteiger partial charge in [0, 0.05) is 25.7 Å². The number of β-amino-alcohol motifs (C(OH)–C–C–N with tert-alkyl or cyclic N) is 1. The van der Waals surface area contributed by atoms with Crippen LogP contribution in [0.4, 0.5) is 0 Å². The van der Waals surface area contributed by atoms with Gasteiger partial charge in [-0.15, -0.1) is 0 Å². The van der Waals surface area contributed by atoms with Crippen molar-refractivity contribution in [3.63, 3.8) is 0 Å². The molecule has 0 aromatic rings. The summed E-state index contributed by atoms with van der Waals surface area (Å²) in [4.78, 5) is 16.1. The highest BCUT2D eigenvalue weighted by Gasteiger charge is 2.38. The highest BCUT2D eigenvalue weighted by Crippen LogP contribution is 2.23. The summed E-state index contributed by atoms with van der Waals surface area (Å²) in [5.74, 6) is 0.0610. The molecule has 5 nitrogen and oxygen atoms in total. The lowest BCUT2D eigenvalue weighted by Crippen LogP contribution is -2.45. The van der Waals surface area contributed by atoms with Gasteiger partial charge in [-0.25, -0.2) is 0 Å². The molecule has 2 aliphatic rings. The van der Waals surface area contributed by atoms with Crippen LogP contribution in [-0.4, -0.2) is 72.9 Å². The number of nitrogens with zero attached hydrogens (tertiary/aromatic N) is 2. The SMILES string of the molecule is CN(C)CC1CC(O)CN1C(=O)C1CCCO1. The largest absolute Gasteiger partial charge is 0.391 e. The molecular formula is C12H22N2O3. The number of aliphatic hydroxyl groups excluding tert-OH is 1. The molecule has 0 radical (unpaired) electrons. The predicted molar refractivity (Wildman–Crippen MR) is 63.7 cm³/mol. The summed E-state index contributed by atoms with van der Waals surface area (Å²) in [5.41, 5.74) is 0. The molecule has 17 heavy (non-hydrogen) atoms. The number of rotatable bonds is 3. The van der Waals surface area contributed by atoms with Crippen LogP contribution in [-0.2, 0) is 9.53 Å². The molecule has 0 aromatic carbocycles. The minimum atomic E-state index is -0.384. The van der Waals surface area contributed by atoms with Gasteiger partial charge < -0.3 is 19.6 Å². The van der Waals surface area contributed by atoms with Gasteiger partial charge in [-0.2, -0.15) is 0 Å². The Kier molecular flexibility index (Phi) is 4.01. The van der Waals surface area contributed by atoms with Gasteiger partial charge in [-0.3, -0.25) is 4.79 Å². The van der Waals surface area contributed by atoms with Gasteiger partial charge in [0.2, 0.25) is 0 Å². The normalized spacial score (nSPS) is 33.6. The molecule has 3 atom stereocenters. The number of carbonyl (C=O) groups excluding carboxylic acids is 1. The Bertz CT molecular complexity index is 277. The van der Waals surface area contributed by atoms with E-state index in [4.69, 9.17) is 4.74 Å². The molecule has 2 heterocycles. The molecule has 5 heteroatoms. The van der Waals surface area contributed by atoms with Gasteiger partial charge in [0.05, 0.1) is 6.10 Å². The van der Waals surface area contributed by atoms with Gasteiger partial charge >= 0.3 is 0 Å². The van der Waals surface area contributed by atoms with E-state index in [0.717, 1.165) is 19.4 Å². The van der Waals surface area contributed by atoms with Crippen LogP contribution in [0.3, 0.4) is 0 Å². The van der Waals surface area contributed by atoms with Crippen molar-refractivity contribution in [2.24, 2.45) is 0 Å². The third-order valence-electron chi connectivity index (χ3n) is 3.46. The Morgan fingerprint density at radius 2 is 2.29 bits per heavy atom. The maximum atomic E-state index is 12.3. The van der Waals surface area contributed by atoms with Crippen LogP contribution in [0.2, 0.25) is 0 Å². The average molecular weight is 242 g/mol. The van der Waals surface area contributed by atoms with Crippen molar-refractivity contribution in [3.05, 3.63) is 0 Å². The molecule has 0 saturated carbocycles. The molecule has 1 amide bonds. The summed E-state index contributed by atoms with van der Waals surface area (Å²) in [6.45, 7) is 1.94. The zero-order chi connectivity index (χ0) is 12.4. The number of hydrogen-bond donors (Lipinski definition) is 1. The lowest BCUT2D eigenvalue weighted by molar-refractivity contribution is -0.142. The lowest BCUT2D eigenvalue weighted by atomic mass is 10.1. The minimum Gasteiger partial charge on any atom is -0.391 e. The van der Waals surface area contributed by atoms with Crippen molar-refractivity contribution in [1.82, 2.24) is 9.80 Å². The van der Waals surface area contributed by atoms with Crippen molar-refractivity contribution in [1.29, 1.82) is 0 Å². The van der Waals surface area contributed by atoms with Crippen LogP contribution in [0, 0.1) is 0 Å². The molecule has 98 valence electrons. The first-order chi connectivity index (χ1) is 8.08. The molecule has 0 aliphatic carbocycles. The van der Waals surface area contributed by atoms with Gasteiger partial charge in [0.25, 0.3) is 5.91 Å². The smallest absolute Gasteiger partial charge is 0.252 e. The first-order valence-electron chi connectivity index (χ1n) is 6.33. The van der Waals surface area contributed by atoms with Crippen LogP contribution in [0.1, 0.15) is 19.3 Å². The second-order valence-corrected chi connectivity index (χ2v) is 5.30. The Labute approximate surface area is 102 Å². The van der Waals surface area contributed by atoms with Gasteiger partial charge in [-0.1, -0.05) is 0 Å². The number of likely N-dealkylation sites (tertiary alicyclic amines) is 1. The monoisotopic (exact) mass is 242 g/mol. The van der Waals surface area contributed by atoms with Crippen LogP contribution >= 0.6 is 0 Å². The fraction of sp³-hybridized carbons (Fsp3) is 0.917. The maximum absolute atomic E-state index is 12.3. The third-order valence-corrected chi connectivity index (χ3v) is 3.46. The molecular weight excluding hydrogens is 220 g/mol. The van der Waals surface area contributed by atoms with E-state index < -0.39 is 0 Å². The maximum Gasteiger partial charge on any atom is 0.252 e. The molecule has 3 unspecified atom stereocenters. The molecule has 2 fully saturated rings.